The van der Waals surface area contributed by atoms with Crippen molar-refractivity contribution in [2.45, 2.75) is 70.5 Å². The molecule has 15 nitrogen and oxygen atoms in total. The highest BCUT2D eigenvalue weighted by Gasteiger charge is 2.24. The van der Waals surface area contributed by atoms with Crippen LogP contribution in [0.25, 0.3) is 0 Å². The number of amides is 4. The Labute approximate surface area is 216 Å². The van der Waals surface area contributed by atoms with Crippen molar-refractivity contribution in [2.75, 3.05) is 26.2 Å². The predicted octanol–water partition coefficient (Wildman–Crippen LogP) is -2.96. The van der Waals surface area contributed by atoms with Gasteiger partial charge in [-0.25, -0.2) is 4.79 Å². The molecule has 3 atom stereocenters. The lowest BCUT2D eigenvalue weighted by atomic mass is 10.0. The topological polar surface area (TPSA) is 268 Å². The van der Waals surface area contributed by atoms with Gasteiger partial charge in [0, 0.05) is 6.54 Å². The summed E-state index contributed by atoms with van der Waals surface area (Å²) in [4.78, 5) is 60.5. The molecule has 0 aliphatic rings. The van der Waals surface area contributed by atoms with E-state index in [1.54, 1.807) is 0 Å². The maximum atomic E-state index is 12.6. The molecule has 212 valence electrons. The van der Waals surface area contributed by atoms with Crippen LogP contribution >= 0.6 is 0 Å². The average molecular weight is 530 g/mol. The molecule has 0 heterocycles. The highest BCUT2D eigenvalue weighted by molar-refractivity contribution is 5.93. The van der Waals surface area contributed by atoms with Gasteiger partial charge in [-0.2, -0.15) is 0 Å². The van der Waals surface area contributed by atoms with Gasteiger partial charge in [-0.05, 0) is 51.0 Å². The van der Waals surface area contributed by atoms with E-state index in [0.29, 0.717) is 38.8 Å². The van der Waals surface area contributed by atoms with Crippen LogP contribution in [0.5, 0.6) is 0 Å². The van der Waals surface area contributed by atoms with E-state index in [0.717, 1.165) is 0 Å². The Kier molecular flexibility index (Phi) is 17.0. The van der Waals surface area contributed by atoms with Crippen molar-refractivity contribution >= 4 is 35.6 Å². The molecule has 0 radical (unpaired) electrons. The Morgan fingerprint density at radius 2 is 1.41 bits per heavy atom. The van der Waals surface area contributed by atoms with Gasteiger partial charge in [-0.15, -0.1) is 0 Å². The highest BCUT2D eigenvalue weighted by atomic mass is 16.4. The van der Waals surface area contributed by atoms with Crippen LogP contribution in [0.15, 0.2) is 0 Å². The minimum atomic E-state index is -1.18. The van der Waals surface area contributed by atoms with Gasteiger partial charge in [0.05, 0.1) is 19.1 Å². The second-order valence-electron chi connectivity index (χ2n) is 9.02. The fourth-order valence-corrected chi connectivity index (χ4v) is 3.21. The molecule has 0 saturated carbocycles. The summed E-state index contributed by atoms with van der Waals surface area (Å²) in [5.74, 6) is -3.80. The van der Waals surface area contributed by atoms with E-state index in [1.165, 1.54) is 0 Å². The van der Waals surface area contributed by atoms with Crippen molar-refractivity contribution in [2.24, 2.45) is 23.1 Å². The maximum Gasteiger partial charge on any atom is 0.326 e. The first-order valence-corrected chi connectivity index (χ1v) is 12.3. The highest BCUT2D eigenvalue weighted by Crippen LogP contribution is 2.05. The number of aliphatic carboxylic acids is 1. The number of carboxylic acid groups (broad SMARTS) is 1. The summed E-state index contributed by atoms with van der Waals surface area (Å²) >= 11 is 0. The van der Waals surface area contributed by atoms with Crippen LogP contribution in [0.4, 0.5) is 0 Å². The third-order valence-corrected chi connectivity index (χ3v) is 5.13. The zero-order chi connectivity index (χ0) is 28.4. The number of hydrogen-bond acceptors (Lipinski definition) is 8. The first-order valence-electron chi connectivity index (χ1n) is 12.3. The Balaban J connectivity index is 4.68. The minimum Gasteiger partial charge on any atom is -0.480 e. The summed E-state index contributed by atoms with van der Waals surface area (Å²) in [5, 5.41) is 28.6. The van der Waals surface area contributed by atoms with Crippen molar-refractivity contribution in [3.05, 3.63) is 0 Å². The van der Waals surface area contributed by atoms with Crippen molar-refractivity contribution in [1.82, 2.24) is 26.6 Å². The summed E-state index contributed by atoms with van der Waals surface area (Å²) < 4.78 is 0. The normalized spacial score (nSPS) is 13.1. The number of rotatable bonds is 19. The molecular formula is C22H43N9O6. The number of nitrogens with one attached hydrogen (secondary N) is 6. The smallest absolute Gasteiger partial charge is 0.326 e. The average Bonchev–Trinajstić information content (AvgIpc) is 2.81. The van der Waals surface area contributed by atoms with Crippen LogP contribution in [-0.4, -0.2) is 85.0 Å². The number of carbonyl (C=O) groups is 5. The monoisotopic (exact) mass is 529 g/mol. The molecule has 15 heteroatoms. The second-order valence-corrected chi connectivity index (χ2v) is 9.02. The van der Waals surface area contributed by atoms with Crippen LogP contribution in [0, 0.1) is 11.3 Å². The zero-order valence-electron chi connectivity index (χ0n) is 21.6. The Morgan fingerprint density at radius 3 is 1.92 bits per heavy atom. The number of nitrogens with two attached hydrogens (primary N) is 3. The van der Waals surface area contributed by atoms with Crippen LogP contribution in [0.1, 0.15) is 52.4 Å². The van der Waals surface area contributed by atoms with Crippen molar-refractivity contribution < 1.29 is 29.1 Å². The lowest BCUT2D eigenvalue weighted by molar-refractivity contribution is -0.142. The van der Waals surface area contributed by atoms with Gasteiger partial charge in [0.15, 0.2) is 5.96 Å². The van der Waals surface area contributed by atoms with E-state index in [2.05, 4.69) is 26.6 Å². The van der Waals surface area contributed by atoms with Crippen LogP contribution in [0.2, 0.25) is 0 Å². The van der Waals surface area contributed by atoms with Gasteiger partial charge < -0.3 is 48.9 Å². The maximum absolute atomic E-state index is 12.6. The molecule has 0 rings (SSSR count). The molecule has 0 bridgehead atoms. The van der Waals surface area contributed by atoms with E-state index in [4.69, 9.17) is 22.6 Å². The molecule has 0 aromatic rings. The summed E-state index contributed by atoms with van der Waals surface area (Å²) in [6.07, 6.45) is 2.43. The third-order valence-electron chi connectivity index (χ3n) is 5.13. The van der Waals surface area contributed by atoms with Gasteiger partial charge in [0.25, 0.3) is 0 Å². The van der Waals surface area contributed by atoms with Crippen molar-refractivity contribution in [3.63, 3.8) is 0 Å². The van der Waals surface area contributed by atoms with Gasteiger partial charge >= 0.3 is 5.97 Å². The lowest BCUT2D eigenvalue weighted by Crippen LogP contribution is -2.53. The number of guanidine groups is 1. The number of unbranched alkanes of at least 4 members (excludes halogenated alkanes) is 1. The van der Waals surface area contributed by atoms with Crippen LogP contribution in [-0.2, 0) is 24.0 Å². The molecule has 0 unspecified atom stereocenters. The number of hydrogen-bond donors (Lipinski definition) is 10. The molecule has 37 heavy (non-hydrogen) atoms. The fourth-order valence-electron chi connectivity index (χ4n) is 3.21. The SMILES string of the molecule is CC(C)C[C@H](NC(=O)CNC(=O)[C@@H](N)CCCNC(=N)N)C(=O)NCC(=O)N[C@@H](CCCCN)C(=O)O. The van der Waals surface area contributed by atoms with E-state index in [-0.39, 0.29) is 24.7 Å². The molecule has 0 aromatic heterocycles. The molecule has 13 N–H and O–H groups in total. The molecule has 0 aromatic carbocycles. The quantitative estimate of drug-likeness (QED) is 0.0461. The molecule has 0 saturated heterocycles. The molecule has 0 spiro atoms. The molecule has 4 amide bonds. The summed E-state index contributed by atoms with van der Waals surface area (Å²) in [6.45, 7) is 3.62. The fraction of sp³-hybridized carbons (Fsp3) is 0.727. The summed E-state index contributed by atoms with van der Waals surface area (Å²) in [5.41, 5.74) is 16.4. The zero-order valence-corrected chi connectivity index (χ0v) is 21.6. The predicted molar refractivity (Wildman–Crippen MR) is 137 cm³/mol. The van der Waals surface area contributed by atoms with E-state index in [1.807, 2.05) is 13.8 Å². The minimum absolute atomic E-state index is 0.0236. The summed E-state index contributed by atoms with van der Waals surface area (Å²) in [7, 11) is 0. The Bertz CT molecular complexity index is 778. The van der Waals surface area contributed by atoms with Crippen molar-refractivity contribution in [1.29, 1.82) is 5.41 Å². The van der Waals surface area contributed by atoms with Crippen molar-refractivity contribution in [3.8, 4) is 0 Å². The van der Waals surface area contributed by atoms with Gasteiger partial charge in [-0.1, -0.05) is 13.8 Å². The Morgan fingerprint density at radius 1 is 0.838 bits per heavy atom. The van der Waals surface area contributed by atoms with Gasteiger partial charge in [-0.3, -0.25) is 24.6 Å². The molecular weight excluding hydrogens is 486 g/mol. The largest absolute Gasteiger partial charge is 0.480 e. The lowest BCUT2D eigenvalue weighted by Gasteiger charge is -2.21. The Hall–Kier alpha value is -3.46. The van der Waals surface area contributed by atoms with Gasteiger partial charge in [0.1, 0.15) is 12.1 Å². The standard InChI is InChI=1S/C22H43N9O6/c1-13(2)10-16(20(35)29-12-17(32)30-15(21(36)37)7-3-4-8-23)31-18(33)11-28-19(34)14(24)6-5-9-27-22(25)26/h13-16H,3-12,23-24H2,1-2H3,(H,28,34)(H,29,35)(H,30,32)(H,31,33)(H,36,37)(H4,25,26,27)/t14-,15-,16-/m0/s1. The summed E-state index contributed by atoms with van der Waals surface area (Å²) in [6, 6.07) is -2.93. The van der Waals surface area contributed by atoms with E-state index in [9.17, 15) is 29.1 Å². The number of carboxylic acids is 1. The molecule has 0 fully saturated rings. The van der Waals surface area contributed by atoms with E-state index >= 15 is 0 Å². The molecule has 0 aliphatic carbocycles. The van der Waals surface area contributed by atoms with E-state index < -0.39 is 60.8 Å². The van der Waals surface area contributed by atoms with Crippen LogP contribution < -0.4 is 43.8 Å². The molecule has 0 aliphatic heterocycles. The van der Waals surface area contributed by atoms with Gasteiger partial charge in [0.2, 0.25) is 23.6 Å². The first-order chi connectivity index (χ1) is 17.4. The van der Waals surface area contributed by atoms with Crippen LogP contribution in [0.3, 0.4) is 0 Å². The second kappa shape index (κ2) is 18.8. The number of carbonyl (C=O) groups excluding carboxylic acids is 4. The third kappa shape index (κ3) is 16.8. The first kappa shape index (κ1) is 33.5.